The first-order valence-corrected chi connectivity index (χ1v) is 8.29. The zero-order valence-corrected chi connectivity index (χ0v) is 13.7. The predicted molar refractivity (Wildman–Crippen MR) is 90.6 cm³/mol. The van der Waals surface area contributed by atoms with Crippen LogP contribution in [0.4, 0.5) is 0 Å². The molecule has 0 aliphatic heterocycles. The van der Waals surface area contributed by atoms with Crippen molar-refractivity contribution in [1.29, 1.82) is 0 Å². The number of hydrogen-bond acceptors (Lipinski definition) is 3. The quantitative estimate of drug-likeness (QED) is 0.747. The van der Waals surface area contributed by atoms with E-state index in [4.69, 9.17) is 11.6 Å². The van der Waals surface area contributed by atoms with Crippen LogP contribution >= 0.6 is 22.9 Å². The molecule has 1 atom stereocenters. The molecule has 2 heterocycles. The number of benzene rings is 1. The molecule has 4 nitrogen and oxygen atoms in total. The van der Waals surface area contributed by atoms with Crippen LogP contribution in [-0.2, 0) is 11.2 Å². The Balaban J connectivity index is 1.55. The van der Waals surface area contributed by atoms with Crippen LogP contribution in [0.15, 0.2) is 36.4 Å². The number of nitrogens with zero attached hydrogens (tertiary/aromatic N) is 1. The second-order valence-corrected chi connectivity index (χ2v) is 6.85. The van der Waals surface area contributed by atoms with Crippen molar-refractivity contribution >= 4 is 39.9 Å². The van der Waals surface area contributed by atoms with Crippen molar-refractivity contribution in [3.63, 3.8) is 0 Å². The van der Waals surface area contributed by atoms with Crippen LogP contribution in [0.1, 0.15) is 23.5 Å². The van der Waals surface area contributed by atoms with Gasteiger partial charge in [-0.15, -0.1) is 11.3 Å². The van der Waals surface area contributed by atoms with E-state index in [2.05, 4.69) is 15.3 Å². The molecule has 0 fully saturated rings. The van der Waals surface area contributed by atoms with E-state index in [1.807, 2.05) is 43.3 Å². The summed E-state index contributed by atoms with van der Waals surface area (Å²) in [5, 5.41) is 2.95. The molecule has 0 saturated carbocycles. The number of thiophene rings is 1. The van der Waals surface area contributed by atoms with Gasteiger partial charge in [0.15, 0.2) is 0 Å². The number of aromatic amines is 1. The molecule has 0 saturated heterocycles. The molecule has 2 N–H and O–H groups in total. The molecule has 22 heavy (non-hydrogen) atoms. The van der Waals surface area contributed by atoms with Crippen molar-refractivity contribution < 1.29 is 4.79 Å². The van der Waals surface area contributed by atoms with Crippen LogP contribution in [-0.4, -0.2) is 22.4 Å². The molecular weight excluding hydrogens is 318 g/mol. The summed E-state index contributed by atoms with van der Waals surface area (Å²) in [5.74, 6) is 0.705. The number of carbonyl (C=O) groups is 1. The normalized spacial score (nSPS) is 12.5. The van der Waals surface area contributed by atoms with Gasteiger partial charge >= 0.3 is 0 Å². The van der Waals surface area contributed by atoms with Crippen LogP contribution in [0.5, 0.6) is 0 Å². The minimum Gasteiger partial charge on any atom is -0.355 e. The molecule has 114 valence electrons. The average molecular weight is 334 g/mol. The van der Waals surface area contributed by atoms with E-state index < -0.39 is 0 Å². The molecule has 3 aromatic rings. The number of amides is 1. The maximum absolute atomic E-state index is 12.1. The lowest BCUT2D eigenvalue weighted by Crippen LogP contribution is -2.29. The molecule has 0 bridgehead atoms. The smallest absolute Gasteiger partial charge is 0.228 e. The molecule has 1 amide bonds. The summed E-state index contributed by atoms with van der Waals surface area (Å²) in [7, 11) is 0. The largest absolute Gasteiger partial charge is 0.355 e. The van der Waals surface area contributed by atoms with E-state index in [1.165, 1.54) is 11.3 Å². The second-order valence-electron chi connectivity index (χ2n) is 5.11. The highest BCUT2D eigenvalue weighted by molar-refractivity contribution is 7.16. The first kappa shape index (κ1) is 15.1. The van der Waals surface area contributed by atoms with Gasteiger partial charge < -0.3 is 10.3 Å². The van der Waals surface area contributed by atoms with Gasteiger partial charge in [0, 0.05) is 17.8 Å². The van der Waals surface area contributed by atoms with E-state index >= 15 is 0 Å². The van der Waals surface area contributed by atoms with Gasteiger partial charge in [-0.1, -0.05) is 23.7 Å². The molecule has 3 rings (SSSR count). The van der Waals surface area contributed by atoms with Crippen molar-refractivity contribution in [3.05, 3.63) is 51.4 Å². The fourth-order valence-corrected chi connectivity index (χ4v) is 3.38. The highest BCUT2D eigenvalue weighted by Gasteiger charge is 2.16. The monoisotopic (exact) mass is 333 g/mol. The standard InChI is InChI=1S/C16H16ClN3OS/c1-10(13-6-7-14(17)22-13)16(21)18-9-8-15-19-11-4-2-3-5-12(11)20-15/h2-7,10H,8-9H2,1H3,(H,18,21)(H,19,20). The van der Waals surface area contributed by atoms with Crippen LogP contribution in [0.3, 0.4) is 0 Å². The lowest BCUT2D eigenvalue weighted by molar-refractivity contribution is -0.122. The Kier molecular flexibility index (Phi) is 4.45. The average Bonchev–Trinajstić information content (AvgIpc) is 3.11. The summed E-state index contributed by atoms with van der Waals surface area (Å²) >= 11 is 7.35. The Morgan fingerprint density at radius 2 is 2.18 bits per heavy atom. The van der Waals surface area contributed by atoms with E-state index in [0.29, 0.717) is 17.3 Å². The van der Waals surface area contributed by atoms with Crippen LogP contribution in [0, 0.1) is 0 Å². The number of nitrogens with one attached hydrogen (secondary N) is 2. The third-order valence-corrected chi connectivity index (χ3v) is 4.93. The van der Waals surface area contributed by atoms with Crippen LogP contribution in [0.2, 0.25) is 4.34 Å². The van der Waals surface area contributed by atoms with Gasteiger partial charge in [0.25, 0.3) is 0 Å². The lowest BCUT2D eigenvalue weighted by atomic mass is 10.1. The number of para-hydroxylation sites is 2. The summed E-state index contributed by atoms with van der Waals surface area (Å²) < 4.78 is 0.705. The zero-order valence-electron chi connectivity index (χ0n) is 12.1. The Bertz CT molecular complexity index is 762. The highest BCUT2D eigenvalue weighted by atomic mass is 35.5. The highest BCUT2D eigenvalue weighted by Crippen LogP contribution is 2.28. The van der Waals surface area contributed by atoms with Crippen LogP contribution < -0.4 is 5.32 Å². The van der Waals surface area contributed by atoms with Gasteiger partial charge in [0.05, 0.1) is 21.3 Å². The van der Waals surface area contributed by atoms with Crippen molar-refractivity contribution in [2.24, 2.45) is 0 Å². The third kappa shape index (κ3) is 3.31. The van der Waals surface area contributed by atoms with Gasteiger partial charge in [0.1, 0.15) is 5.82 Å². The Morgan fingerprint density at radius 1 is 1.36 bits per heavy atom. The molecule has 6 heteroatoms. The fourth-order valence-electron chi connectivity index (χ4n) is 2.27. The summed E-state index contributed by atoms with van der Waals surface area (Å²) in [6.45, 7) is 2.45. The van der Waals surface area contributed by atoms with Crippen molar-refractivity contribution in [2.75, 3.05) is 6.54 Å². The molecule has 1 unspecified atom stereocenters. The van der Waals surface area contributed by atoms with E-state index in [0.717, 1.165) is 21.7 Å². The minimum atomic E-state index is -0.187. The number of hydrogen-bond donors (Lipinski definition) is 2. The zero-order chi connectivity index (χ0) is 15.5. The molecule has 0 spiro atoms. The van der Waals surface area contributed by atoms with E-state index in [-0.39, 0.29) is 11.8 Å². The lowest BCUT2D eigenvalue weighted by Gasteiger charge is -2.09. The third-order valence-electron chi connectivity index (χ3n) is 3.51. The number of carbonyl (C=O) groups excluding carboxylic acids is 1. The molecule has 0 radical (unpaired) electrons. The van der Waals surface area contributed by atoms with Gasteiger partial charge in [-0.3, -0.25) is 4.79 Å². The van der Waals surface area contributed by atoms with Gasteiger partial charge in [-0.2, -0.15) is 0 Å². The number of H-pyrrole nitrogens is 1. The summed E-state index contributed by atoms with van der Waals surface area (Å²) in [5.41, 5.74) is 1.97. The Labute approximate surface area is 137 Å². The molecular formula is C16H16ClN3OS. The van der Waals surface area contributed by atoms with Crippen molar-refractivity contribution in [3.8, 4) is 0 Å². The molecule has 0 aliphatic rings. The van der Waals surface area contributed by atoms with E-state index in [1.54, 1.807) is 0 Å². The van der Waals surface area contributed by atoms with Crippen LogP contribution in [0.25, 0.3) is 11.0 Å². The number of halogens is 1. The molecule has 1 aromatic carbocycles. The summed E-state index contributed by atoms with van der Waals surface area (Å²) in [6.07, 6.45) is 0.679. The number of imidazole rings is 1. The maximum Gasteiger partial charge on any atom is 0.228 e. The summed E-state index contributed by atoms with van der Waals surface area (Å²) in [6, 6.07) is 11.6. The topological polar surface area (TPSA) is 57.8 Å². The Hall–Kier alpha value is -1.85. The van der Waals surface area contributed by atoms with Gasteiger partial charge in [-0.05, 0) is 31.2 Å². The SMILES string of the molecule is CC(C(=O)NCCc1nc2ccccc2[nH]1)c1ccc(Cl)s1. The first-order chi connectivity index (χ1) is 10.6. The number of aromatic nitrogens is 2. The second kappa shape index (κ2) is 6.50. The predicted octanol–water partition coefficient (Wildman–Crippen LogP) is 3.74. The Morgan fingerprint density at radius 3 is 2.91 bits per heavy atom. The van der Waals surface area contributed by atoms with Crippen molar-refractivity contribution in [1.82, 2.24) is 15.3 Å². The van der Waals surface area contributed by atoms with E-state index in [9.17, 15) is 4.79 Å². The fraction of sp³-hybridized carbons (Fsp3) is 0.250. The molecule has 0 aliphatic carbocycles. The minimum absolute atomic E-state index is 0.00891. The number of rotatable bonds is 5. The maximum atomic E-state index is 12.1. The molecule has 2 aromatic heterocycles. The van der Waals surface area contributed by atoms with Gasteiger partial charge in [-0.25, -0.2) is 4.98 Å². The van der Waals surface area contributed by atoms with Crippen molar-refractivity contribution in [2.45, 2.75) is 19.3 Å². The summed E-state index contributed by atoms with van der Waals surface area (Å²) in [4.78, 5) is 20.9. The number of fused-ring (bicyclic) bond motifs is 1. The first-order valence-electron chi connectivity index (χ1n) is 7.10. The van der Waals surface area contributed by atoms with Gasteiger partial charge in [0.2, 0.25) is 5.91 Å².